The molecule has 0 saturated carbocycles. The average molecular weight is 594 g/mol. The molecule has 1 saturated heterocycles. The number of non-ortho nitro benzene ring substituents is 1. The van der Waals surface area contributed by atoms with E-state index in [1.165, 1.54) is 29.2 Å². The number of ether oxygens (including phenoxy) is 2. The molecule has 12 heteroatoms. The van der Waals surface area contributed by atoms with Crippen molar-refractivity contribution in [3.8, 4) is 5.75 Å². The van der Waals surface area contributed by atoms with E-state index in [0.29, 0.717) is 16.9 Å². The summed E-state index contributed by atoms with van der Waals surface area (Å²) in [6, 6.07) is 21.4. The average Bonchev–Trinajstić information content (AvgIpc) is 2.98. The van der Waals surface area contributed by atoms with Gasteiger partial charge in [0, 0.05) is 17.0 Å². The van der Waals surface area contributed by atoms with E-state index in [2.05, 4.69) is 11.9 Å². The topological polar surface area (TPSA) is 128 Å². The zero-order valence-corrected chi connectivity index (χ0v) is 23.6. The van der Waals surface area contributed by atoms with E-state index in [-0.39, 0.29) is 18.9 Å². The first-order valence-electron chi connectivity index (χ1n) is 12.5. The lowest BCUT2D eigenvalue weighted by Crippen LogP contribution is -2.75. The van der Waals surface area contributed by atoms with Crippen LogP contribution >= 0.6 is 0 Å². The molecule has 0 aliphatic carbocycles. The molecule has 1 aliphatic heterocycles. The lowest BCUT2D eigenvalue weighted by molar-refractivity contribution is -0.384. The molecule has 10 nitrogen and oxygen atoms in total. The van der Waals surface area contributed by atoms with Crippen LogP contribution < -0.4 is 10.1 Å². The number of nitrogens with zero attached hydrogens (tertiary/aromatic N) is 2. The van der Waals surface area contributed by atoms with Gasteiger partial charge in [0.05, 0.1) is 4.92 Å². The number of nitro benzene ring substituents is 1. The van der Waals surface area contributed by atoms with Crippen molar-refractivity contribution >= 4 is 44.1 Å². The highest BCUT2D eigenvalue weighted by atomic mass is 32.8. The maximum Gasteiger partial charge on any atom is 0.333 e. The lowest BCUT2D eigenvalue weighted by Gasteiger charge is -2.50. The minimum Gasteiger partial charge on any atom is -0.484 e. The number of carbonyl (C=O) groups is 3. The fraction of sp³-hybridized carbons (Fsp3) is 0.207. The van der Waals surface area contributed by atoms with Crippen LogP contribution in [-0.2, 0) is 46.4 Å². The number of hydrogen-bond donors (Lipinski definition) is 1. The van der Waals surface area contributed by atoms with E-state index < -0.39 is 49.6 Å². The highest BCUT2D eigenvalue weighted by Gasteiger charge is 2.55. The lowest BCUT2D eigenvalue weighted by atomic mass is 9.99. The van der Waals surface area contributed by atoms with E-state index in [1.807, 2.05) is 36.4 Å². The van der Waals surface area contributed by atoms with E-state index in [1.54, 1.807) is 31.2 Å². The summed E-state index contributed by atoms with van der Waals surface area (Å²) in [5.74, 6) is -1.23. The maximum atomic E-state index is 13.5. The Balaban J connectivity index is 1.51. The number of amides is 2. The summed E-state index contributed by atoms with van der Waals surface area (Å²) < 4.78 is 11.0. The molecule has 212 valence electrons. The van der Waals surface area contributed by atoms with Crippen molar-refractivity contribution in [1.29, 1.82) is 0 Å². The standard InChI is InChI=1S/C29H27N3O7S2/c1-19(2)26(29(35)39-17-20-13-15-21(16-14-20)32(36)37)31-27(34)25(28(31)41(40)23-11-7-4-8-12-23)30-24(33)18-38-22-9-5-3-6-10-22/h3-16,25-26,28H,1,17-18H2,2H3,(H,30,33). The van der Waals surface area contributed by atoms with Crippen molar-refractivity contribution in [1.82, 2.24) is 10.2 Å². The summed E-state index contributed by atoms with van der Waals surface area (Å²) in [4.78, 5) is 52.0. The first-order valence-corrected chi connectivity index (χ1v) is 14.7. The Morgan fingerprint density at radius 1 is 1.07 bits per heavy atom. The summed E-state index contributed by atoms with van der Waals surface area (Å²) in [6.07, 6.45) is 0. The Kier molecular flexibility index (Phi) is 9.58. The molecule has 2 amide bonds. The van der Waals surface area contributed by atoms with Crippen LogP contribution in [0.2, 0.25) is 0 Å². The third kappa shape index (κ3) is 7.02. The molecule has 1 fully saturated rings. The van der Waals surface area contributed by atoms with E-state index >= 15 is 0 Å². The van der Waals surface area contributed by atoms with Crippen molar-refractivity contribution in [3.05, 3.63) is 113 Å². The number of carbonyl (C=O) groups excluding carboxylic acids is 3. The quantitative estimate of drug-likeness (QED) is 0.111. The first-order chi connectivity index (χ1) is 19.7. The number of nitrogens with one attached hydrogen (secondary N) is 1. The molecular weight excluding hydrogens is 566 g/mol. The Labute approximate surface area is 243 Å². The molecule has 4 unspecified atom stereocenters. The Hall–Kier alpha value is -4.42. The zero-order valence-electron chi connectivity index (χ0n) is 22.0. The summed E-state index contributed by atoms with van der Waals surface area (Å²) in [6.45, 7) is 5.04. The third-order valence-electron chi connectivity index (χ3n) is 6.20. The number of esters is 1. The molecule has 4 rings (SSSR count). The maximum absolute atomic E-state index is 13.5. The molecule has 1 N–H and O–H groups in total. The summed E-state index contributed by atoms with van der Waals surface area (Å²) in [5, 5.41) is 12.9. The van der Waals surface area contributed by atoms with Gasteiger partial charge in [-0.3, -0.25) is 19.7 Å². The third-order valence-corrected chi connectivity index (χ3v) is 9.04. The molecule has 1 heterocycles. The van der Waals surface area contributed by atoms with Crippen molar-refractivity contribution in [2.45, 2.75) is 35.9 Å². The van der Waals surface area contributed by atoms with Crippen molar-refractivity contribution < 1.29 is 28.8 Å². The van der Waals surface area contributed by atoms with Gasteiger partial charge in [0.25, 0.3) is 11.6 Å². The van der Waals surface area contributed by atoms with Gasteiger partial charge in [-0.1, -0.05) is 52.4 Å². The SMILES string of the molecule is C=C(C)C(C(=O)OCc1ccc([N+](=O)[O-])cc1)N1C(=O)C(NC(=O)COc2ccccc2)C1S(=S)c1ccccc1. The Morgan fingerprint density at radius 2 is 1.68 bits per heavy atom. The smallest absolute Gasteiger partial charge is 0.333 e. The van der Waals surface area contributed by atoms with E-state index in [0.717, 1.165) is 4.90 Å². The van der Waals surface area contributed by atoms with E-state index in [4.69, 9.17) is 20.7 Å². The number of β-lactam (4-membered cyclic amide) rings is 1. The van der Waals surface area contributed by atoms with E-state index in [9.17, 15) is 24.5 Å². The minimum absolute atomic E-state index is 0.0884. The minimum atomic E-state index is -1.15. The fourth-order valence-corrected chi connectivity index (χ4v) is 6.71. The summed E-state index contributed by atoms with van der Waals surface area (Å²) in [7, 11) is -1.01. The number of likely N-dealkylation sites (tertiary alicyclic amines) is 1. The van der Waals surface area contributed by atoms with Crippen molar-refractivity contribution in [2.24, 2.45) is 0 Å². The normalized spacial score (nSPS) is 17.5. The van der Waals surface area contributed by atoms with Crippen LogP contribution in [-0.4, -0.2) is 51.7 Å². The molecule has 1 aliphatic rings. The number of hydrogen-bond acceptors (Lipinski definition) is 8. The van der Waals surface area contributed by atoms with Gasteiger partial charge in [-0.2, -0.15) is 0 Å². The molecule has 41 heavy (non-hydrogen) atoms. The van der Waals surface area contributed by atoms with Gasteiger partial charge in [-0.15, -0.1) is 0 Å². The van der Waals surface area contributed by atoms with Crippen LogP contribution in [0.3, 0.4) is 0 Å². The molecule has 0 aromatic heterocycles. The Bertz CT molecular complexity index is 1470. The van der Waals surface area contributed by atoms with Gasteiger partial charge in [0.2, 0.25) is 5.91 Å². The predicted octanol–water partition coefficient (Wildman–Crippen LogP) is 3.45. The highest BCUT2D eigenvalue weighted by molar-refractivity contribution is 8.29. The molecule has 3 aromatic carbocycles. The second-order valence-corrected chi connectivity index (χ2v) is 11.8. The van der Waals surface area contributed by atoms with Crippen molar-refractivity contribution in [3.63, 3.8) is 0 Å². The monoisotopic (exact) mass is 593 g/mol. The number of nitro groups is 1. The van der Waals surface area contributed by atoms with Crippen LogP contribution in [0.25, 0.3) is 0 Å². The predicted molar refractivity (Wildman–Crippen MR) is 155 cm³/mol. The van der Waals surface area contributed by atoms with Gasteiger partial charge in [-0.25, -0.2) is 4.79 Å². The van der Waals surface area contributed by atoms with Crippen LogP contribution in [0.4, 0.5) is 5.69 Å². The molecule has 0 bridgehead atoms. The molecule has 0 radical (unpaired) electrons. The Morgan fingerprint density at radius 3 is 2.27 bits per heavy atom. The van der Waals surface area contributed by atoms with Crippen molar-refractivity contribution in [2.75, 3.05) is 6.61 Å². The van der Waals surface area contributed by atoms with Crippen LogP contribution in [0, 0.1) is 10.1 Å². The molecule has 4 atom stereocenters. The molecule has 3 aromatic rings. The zero-order chi connectivity index (χ0) is 29.5. The first kappa shape index (κ1) is 29.6. The van der Waals surface area contributed by atoms with Gasteiger partial charge < -0.3 is 19.7 Å². The van der Waals surface area contributed by atoms with Crippen LogP contribution in [0.1, 0.15) is 12.5 Å². The highest BCUT2D eigenvalue weighted by Crippen LogP contribution is 2.32. The summed E-state index contributed by atoms with van der Waals surface area (Å²) >= 11 is 5.86. The van der Waals surface area contributed by atoms with Gasteiger partial charge >= 0.3 is 5.97 Å². The largest absolute Gasteiger partial charge is 0.484 e. The second-order valence-electron chi connectivity index (χ2n) is 9.17. The number of rotatable bonds is 12. The second kappa shape index (κ2) is 13.3. The number of benzene rings is 3. The summed E-state index contributed by atoms with van der Waals surface area (Å²) in [5.41, 5.74) is 0.801. The van der Waals surface area contributed by atoms with Crippen LogP contribution in [0.5, 0.6) is 5.75 Å². The molecular formula is C29H27N3O7S2. The van der Waals surface area contributed by atoms with Crippen LogP contribution in [0.15, 0.2) is 102 Å². The number of para-hydroxylation sites is 1. The van der Waals surface area contributed by atoms with Gasteiger partial charge in [-0.05, 0) is 65.6 Å². The van der Waals surface area contributed by atoms with Gasteiger partial charge in [0.15, 0.2) is 12.6 Å². The molecule has 0 spiro atoms. The fourth-order valence-electron chi connectivity index (χ4n) is 4.19. The van der Waals surface area contributed by atoms with Gasteiger partial charge in [0.1, 0.15) is 23.8 Å².